The molecule has 9 heteroatoms. The first-order chi connectivity index (χ1) is 9.88. The van der Waals surface area contributed by atoms with Crippen molar-refractivity contribution in [3.63, 3.8) is 0 Å². The molecule has 1 aromatic rings. The zero-order valence-electron chi connectivity index (χ0n) is 11.9. The number of aliphatic hydroxyl groups excluding tert-OH is 1. The summed E-state index contributed by atoms with van der Waals surface area (Å²) in [7, 11) is 2.40. The number of methoxy groups -OCH3 is 2. The van der Waals surface area contributed by atoms with Crippen LogP contribution in [0, 0.1) is 20.2 Å². The van der Waals surface area contributed by atoms with Crippen molar-refractivity contribution in [2.75, 3.05) is 14.2 Å². The Morgan fingerprint density at radius 2 is 1.86 bits per heavy atom. The fourth-order valence-corrected chi connectivity index (χ4v) is 2.06. The second-order valence-corrected chi connectivity index (χ2v) is 4.21. The predicted octanol–water partition coefficient (Wildman–Crippen LogP) is 2.35. The number of hydrogen-bond acceptors (Lipinski definition) is 7. The van der Waals surface area contributed by atoms with E-state index in [-0.39, 0.29) is 23.5 Å². The molecule has 0 bridgehead atoms. The lowest BCUT2D eigenvalue weighted by molar-refractivity contribution is -0.397. The molecule has 0 saturated carbocycles. The first kappa shape index (κ1) is 16.6. The Hall–Kier alpha value is -2.42. The SMILES string of the molecule is CCCC(O)c1c([N+](=O)[O-])cc(OC)c(OC)c1[N+](=O)[O-]. The van der Waals surface area contributed by atoms with Gasteiger partial charge in [-0.2, -0.15) is 0 Å². The standard InChI is InChI=1S/C12H16N2O7/c1-4-5-8(15)10-7(13(16)17)6-9(20-2)12(21-3)11(10)14(18)19/h6,8,15H,4-5H2,1-3H3. The molecule has 0 amide bonds. The molecule has 0 saturated heterocycles. The van der Waals surface area contributed by atoms with E-state index in [9.17, 15) is 25.3 Å². The molecule has 1 aromatic carbocycles. The van der Waals surface area contributed by atoms with Crippen molar-refractivity contribution in [1.29, 1.82) is 0 Å². The maximum Gasteiger partial charge on any atom is 0.327 e. The van der Waals surface area contributed by atoms with E-state index in [2.05, 4.69) is 0 Å². The molecule has 0 aliphatic rings. The minimum absolute atomic E-state index is 0.136. The van der Waals surface area contributed by atoms with Crippen molar-refractivity contribution in [2.45, 2.75) is 25.9 Å². The molecule has 1 rings (SSSR count). The van der Waals surface area contributed by atoms with E-state index in [0.29, 0.717) is 6.42 Å². The van der Waals surface area contributed by atoms with Gasteiger partial charge in [-0.1, -0.05) is 13.3 Å². The number of nitrogens with zero attached hydrogens (tertiary/aromatic N) is 2. The largest absolute Gasteiger partial charge is 0.492 e. The summed E-state index contributed by atoms with van der Waals surface area (Å²) in [5.74, 6) is -0.387. The normalized spacial score (nSPS) is 11.8. The molecule has 116 valence electrons. The molecule has 0 aliphatic heterocycles. The smallest absolute Gasteiger partial charge is 0.327 e. The van der Waals surface area contributed by atoms with E-state index < -0.39 is 27.3 Å². The Labute approximate surface area is 120 Å². The van der Waals surface area contributed by atoms with E-state index in [0.717, 1.165) is 6.07 Å². The molecule has 21 heavy (non-hydrogen) atoms. The van der Waals surface area contributed by atoms with Crippen LogP contribution in [0.4, 0.5) is 11.4 Å². The molecule has 0 spiro atoms. The van der Waals surface area contributed by atoms with Crippen LogP contribution in [-0.4, -0.2) is 29.2 Å². The third-order valence-electron chi connectivity index (χ3n) is 2.94. The Morgan fingerprint density at radius 3 is 2.24 bits per heavy atom. The molecule has 0 aliphatic carbocycles. The van der Waals surface area contributed by atoms with Gasteiger partial charge in [0.15, 0.2) is 5.75 Å². The minimum Gasteiger partial charge on any atom is -0.492 e. The van der Waals surface area contributed by atoms with Crippen molar-refractivity contribution < 1.29 is 24.4 Å². The molecule has 0 radical (unpaired) electrons. The van der Waals surface area contributed by atoms with Crippen LogP contribution >= 0.6 is 0 Å². The molecule has 9 nitrogen and oxygen atoms in total. The number of ether oxygens (including phenoxy) is 2. The summed E-state index contributed by atoms with van der Waals surface area (Å²) in [6.45, 7) is 1.75. The van der Waals surface area contributed by atoms with Gasteiger partial charge in [-0.3, -0.25) is 20.2 Å². The average Bonchev–Trinajstić information content (AvgIpc) is 2.44. The maximum absolute atomic E-state index is 11.3. The highest BCUT2D eigenvalue weighted by Crippen LogP contribution is 2.47. The van der Waals surface area contributed by atoms with Crippen LogP contribution in [-0.2, 0) is 0 Å². The predicted molar refractivity (Wildman–Crippen MR) is 72.7 cm³/mol. The summed E-state index contributed by atoms with van der Waals surface area (Å²) in [6.07, 6.45) is -0.684. The molecule has 1 N–H and O–H groups in total. The Kier molecular flexibility index (Phi) is 5.42. The van der Waals surface area contributed by atoms with Crippen LogP contribution in [0.2, 0.25) is 0 Å². The summed E-state index contributed by atoms with van der Waals surface area (Å²) in [5.41, 5.74) is -1.59. The lowest BCUT2D eigenvalue weighted by Crippen LogP contribution is -2.09. The van der Waals surface area contributed by atoms with Crippen LogP contribution in [0.15, 0.2) is 6.07 Å². The second-order valence-electron chi connectivity index (χ2n) is 4.21. The van der Waals surface area contributed by atoms with E-state index in [1.165, 1.54) is 14.2 Å². The van der Waals surface area contributed by atoms with Gasteiger partial charge < -0.3 is 14.6 Å². The highest BCUT2D eigenvalue weighted by atomic mass is 16.6. The molecule has 0 aromatic heterocycles. The van der Waals surface area contributed by atoms with Crippen LogP contribution < -0.4 is 9.47 Å². The van der Waals surface area contributed by atoms with Gasteiger partial charge in [0.05, 0.1) is 36.2 Å². The number of aliphatic hydroxyl groups is 1. The lowest BCUT2D eigenvalue weighted by atomic mass is 10.00. The van der Waals surface area contributed by atoms with Crippen molar-refractivity contribution in [2.24, 2.45) is 0 Å². The van der Waals surface area contributed by atoms with Gasteiger partial charge in [0.2, 0.25) is 5.75 Å². The van der Waals surface area contributed by atoms with E-state index in [1.54, 1.807) is 6.92 Å². The first-order valence-electron chi connectivity index (χ1n) is 6.14. The Balaban J connectivity index is 3.77. The lowest BCUT2D eigenvalue weighted by Gasteiger charge is -2.15. The molecular formula is C12H16N2O7. The zero-order chi connectivity index (χ0) is 16.2. The van der Waals surface area contributed by atoms with Gasteiger partial charge in [-0.15, -0.1) is 0 Å². The van der Waals surface area contributed by atoms with Gasteiger partial charge in [-0.05, 0) is 6.42 Å². The number of rotatable bonds is 7. The third kappa shape index (κ3) is 3.19. The molecule has 1 atom stereocenters. The van der Waals surface area contributed by atoms with E-state index >= 15 is 0 Å². The monoisotopic (exact) mass is 300 g/mol. The van der Waals surface area contributed by atoms with Crippen LogP contribution in [0.25, 0.3) is 0 Å². The van der Waals surface area contributed by atoms with Crippen LogP contribution in [0.3, 0.4) is 0 Å². The Morgan fingerprint density at radius 1 is 1.24 bits per heavy atom. The maximum atomic E-state index is 11.3. The van der Waals surface area contributed by atoms with Crippen molar-refractivity contribution >= 4 is 11.4 Å². The summed E-state index contributed by atoms with van der Waals surface area (Å²) in [4.78, 5) is 20.8. The van der Waals surface area contributed by atoms with E-state index in [1.807, 2.05) is 0 Å². The summed E-state index contributed by atoms with van der Waals surface area (Å²) in [5, 5.41) is 32.5. The van der Waals surface area contributed by atoms with E-state index in [4.69, 9.17) is 9.47 Å². The highest BCUT2D eigenvalue weighted by molar-refractivity contribution is 5.69. The average molecular weight is 300 g/mol. The topological polar surface area (TPSA) is 125 Å². The molecule has 1 unspecified atom stereocenters. The number of benzene rings is 1. The van der Waals surface area contributed by atoms with Gasteiger partial charge in [0.1, 0.15) is 5.56 Å². The first-order valence-corrected chi connectivity index (χ1v) is 6.14. The highest BCUT2D eigenvalue weighted by Gasteiger charge is 2.37. The van der Waals surface area contributed by atoms with Gasteiger partial charge in [0, 0.05) is 0 Å². The fourth-order valence-electron chi connectivity index (χ4n) is 2.06. The van der Waals surface area contributed by atoms with Gasteiger partial charge >= 0.3 is 5.69 Å². The number of nitro benzene ring substituents is 2. The minimum atomic E-state index is -1.34. The number of hydrogen-bond donors (Lipinski definition) is 1. The van der Waals surface area contributed by atoms with Crippen molar-refractivity contribution in [1.82, 2.24) is 0 Å². The summed E-state index contributed by atoms with van der Waals surface area (Å²) in [6, 6.07) is 1.01. The molecule has 0 heterocycles. The zero-order valence-corrected chi connectivity index (χ0v) is 11.9. The van der Waals surface area contributed by atoms with Gasteiger partial charge in [0.25, 0.3) is 5.69 Å². The number of nitro groups is 2. The second kappa shape index (κ2) is 6.84. The van der Waals surface area contributed by atoms with Crippen LogP contribution in [0.5, 0.6) is 11.5 Å². The van der Waals surface area contributed by atoms with Crippen molar-refractivity contribution in [3.8, 4) is 11.5 Å². The van der Waals surface area contributed by atoms with Gasteiger partial charge in [-0.25, -0.2) is 0 Å². The third-order valence-corrected chi connectivity index (χ3v) is 2.94. The Bertz CT molecular complexity index is 559. The molecule has 0 fully saturated rings. The fraction of sp³-hybridized carbons (Fsp3) is 0.500. The quantitative estimate of drug-likeness (QED) is 0.605. The summed E-state index contributed by atoms with van der Waals surface area (Å²) >= 11 is 0. The van der Waals surface area contributed by atoms with Crippen LogP contribution in [0.1, 0.15) is 31.4 Å². The summed E-state index contributed by atoms with van der Waals surface area (Å²) < 4.78 is 9.83. The van der Waals surface area contributed by atoms with Crippen molar-refractivity contribution in [3.05, 3.63) is 31.9 Å². The molecular weight excluding hydrogens is 284 g/mol.